The second kappa shape index (κ2) is 2.77. The van der Waals surface area contributed by atoms with Gasteiger partial charge in [-0.15, -0.1) is 0 Å². The fraction of sp³-hybridized carbons (Fsp3) is 0. The van der Waals surface area contributed by atoms with Crippen LogP contribution in [-0.4, -0.2) is 9.97 Å². The lowest BCUT2D eigenvalue weighted by Crippen LogP contribution is -1.81. The van der Waals surface area contributed by atoms with Crippen molar-refractivity contribution in [3.05, 3.63) is 48.9 Å². The molecule has 0 saturated heterocycles. The van der Waals surface area contributed by atoms with Gasteiger partial charge in [0.2, 0.25) is 0 Å². The summed E-state index contributed by atoms with van der Waals surface area (Å²) in [6.07, 6.45) is 5.41. The molecule has 0 amide bonds. The molecule has 2 nitrogen and oxygen atoms in total. The molecule has 1 aromatic carbocycles. The number of hydrogen-bond donors (Lipinski definition) is 0. The molecular weight excluding hydrogens is 172 g/mol. The Kier molecular flexibility index (Phi) is 1.47. The molecule has 0 atom stereocenters. The van der Waals surface area contributed by atoms with Gasteiger partial charge in [-0.3, -0.25) is 9.97 Å². The van der Waals surface area contributed by atoms with E-state index in [2.05, 4.69) is 16.0 Å². The van der Waals surface area contributed by atoms with Gasteiger partial charge in [-0.25, -0.2) is 0 Å². The third-order valence-corrected chi connectivity index (χ3v) is 2.31. The van der Waals surface area contributed by atoms with Crippen LogP contribution in [0.4, 0.5) is 0 Å². The maximum atomic E-state index is 4.28. The van der Waals surface area contributed by atoms with Crippen LogP contribution in [0.3, 0.4) is 0 Å². The second-order valence-corrected chi connectivity index (χ2v) is 3.15. The number of benzene rings is 1. The van der Waals surface area contributed by atoms with Crippen LogP contribution < -0.4 is 0 Å². The summed E-state index contributed by atoms with van der Waals surface area (Å²) < 4.78 is 0. The van der Waals surface area contributed by atoms with Crippen molar-refractivity contribution in [2.45, 2.75) is 0 Å². The number of pyridine rings is 2. The van der Waals surface area contributed by atoms with Crippen molar-refractivity contribution in [3.63, 3.8) is 0 Å². The largest absolute Gasteiger partial charge is 0.264 e. The van der Waals surface area contributed by atoms with Gasteiger partial charge in [0.05, 0.1) is 5.52 Å². The zero-order valence-electron chi connectivity index (χ0n) is 7.44. The van der Waals surface area contributed by atoms with E-state index in [1.54, 1.807) is 12.4 Å². The lowest BCUT2D eigenvalue weighted by molar-refractivity contribution is 1.36. The van der Waals surface area contributed by atoms with Crippen LogP contribution in [0.2, 0.25) is 0 Å². The van der Waals surface area contributed by atoms with Gasteiger partial charge in [0.1, 0.15) is 0 Å². The van der Waals surface area contributed by atoms with E-state index >= 15 is 0 Å². The normalized spacial score (nSPS) is 10.9. The Morgan fingerprint density at radius 3 is 3.07 bits per heavy atom. The average Bonchev–Trinajstić information content (AvgIpc) is 2.29. The standard InChI is InChI=1S/C12H7N2/c1-2-11-10-5-7-13-8-9(10)3-4-12(11)14-6-1/h1,3-8H. The Hall–Kier alpha value is -1.96. The van der Waals surface area contributed by atoms with E-state index < -0.39 is 0 Å². The molecule has 1 radical (unpaired) electrons. The van der Waals surface area contributed by atoms with Gasteiger partial charge in [-0.1, -0.05) is 6.07 Å². The average molecular weight is 179 g/mol. The molecule has 14 heavy (non-hydrogen) atoms. The summed E-state index contributed by atoms with van der Waals surface area (Å²) in [5, 5.41) is 3.35. The minimum atomic E-state index is 0.978. The van der Waals surface area contributed by atoms with Crippen LogP contribution in [0.1, 0.15) is 0 Å². The maximum Gasteiger partial charge on any atom is 0.0714 e. The van der Waals surface area contributed by atoms with E-state index in [1.165, 1.54) is 0 Å². The van der Waals surface area contributed by atoms with Crippen LogP contribution in [0.15, 0.2) is 42.9 Å². The highest BCUT2D eigenvalue weighted by Gasteiger charge is 1.99. The number of hydrogen-bond acceptors (Lipinski definition) is 2. The lowest BCUT2D eigenvalue weighted by atomic mass is 10.1. The molecule has 0 unspecified atom stereocenters. The quantitative estimate of drug-likeness (QED) is 0.496. The van der Waals surface area contributed by atoms with Crippen molar-refractivity contribution in [2.24, 2.45) is 0 Å². The van der Waals surface area contributed by atoms with Crippen LogP contribution >= 0.6 is 0 Å². The molecule has 2 heterocycles. The van der Waals surface area contributed by atoms with Crippen LogP contribution in [0.5, 0.6) is 0 Å². The first-order valence-corrected chi connectivity index (χ1v) is 4.44. The van der Waals surface area contributed by atoms with Crippen LogP contribution in [0, 0.1) is 6.07 Å². The molecule has 0 saturated carbocycles. The lowest BCUT2D eigenvalue weighted by Gasteiger charge is -2.00. The SMILES string of the molecule is [c]1ccnc2ccc3cnccc3c12. The van der Waals surface area contributed by atoms with Crippen molar-refractivity contribution in [1.82, 2.24) is 9.97 Å². The van der Waals surface area contributed by atoms with Crippen molar-refractivity contribution in [2.75, 3.05) is 0 Å². The maximum absolute atomic E-state index is 4.28. The molecular formula is C12H7N2. The van der Waals surface area contributed by atoms with Gasteiger partial charge in [-0.05, 0) is 29.7 Å². The van der Waals surface area contributed by atoms with Gasteiger partial charge in [-0.2, -0.15) is 0 Å². The van der Waals surface area contributed by atoms with Crippen LogP contribution in [0.25, 0.3) is 21.7 Å². The van der Waals surface area contributed by atoms with E-state index in [0.29, 0.717) is 0 Å². The van der Waals surface area contributed by atoms with Crippen molar-refractivity contribution in [3.8, 4) is 0 Å². The molecule has 0 N–H and O–H groups in total. The van der Waals surface area contributed by atoms with Crippen LogP contribution in [-0.2, 0) is 0 Å². The molecule has 0 aliphatic rings. The highest BCUT2D eigenvalue weighted by Crippen LogP contribution is 2.21. The summed E-state index contributed by atoms with van der Waals surface area (Å²) in [7, 11) is 0. The summed E-state index contributed by atoms with van der Waals surface area (Å²) in [4.78, 5) is 8.37. The topological polar surface area (TPSA) is 25.8 Å². The fourth-order valence-electron chi connectivity index (χ4n) is 1.65. The molecule has 0 spiro atoms. The summed E-state index contributed by atoms with van der Waals surface area (Å²) in [6, 6.07) is 11.1. The molecule has 3 rings (SSSR count). The second-order valence-electron chi connectivity index (χ2n) is 3.15. The van der Waals surface area contributed by atoms with E-state index in [1.807, 2.05) is 30.5 Å². The molecule has 65 valence electrons. The Labute approximate surface area is 81.2 Å². The van der Waals surface area contributed by atoms with E-state index in [9.17, 15) is 0 Å². The van der Waals surface area contributed by atoms with Gasteiger partial charge >= 0.3 is 0 Å². The number of rotatable bonds is 0. The monoisotopic (exact) mass is 179 g/mol. The Balaban J connectivity index is 2.61. The Bertz CT molecular complexity index is 547. The zero-order chi connectivity index (χ0) is 9.38. The smallest absolute Gasteiger partial charge is 0.0714 e. The molecule has 2 aromatic heterocycles. The van der Waals surface area contributed by atoms with Crippen molar-refractivity contribution >= 4 is 21.7 Å². The molecule has 0 aliphatic carbocycles. The first-order valence-electron chi connectivity index (χ1n) is 4.44. The van der Waals surface area contributed by atoms with Crippen molar-refractivity contribution < 1.29 is 0 Å². The molecule has 0 fully saturated rings. The third kappa shape index (κ3) is 0.973. The highest BCUT2D eigenvalue weighted by molar-refractivity contribution is 6.05. The van der Waals surface area contributed by atoms with Gasteiger partial charge < -0.3 is 0 Å². The first kappa shape index (κ1) is 7.44. The highest BCUT2D eigenvalue weighted by atomic mass is 14.6. The van der Waals surface area contributed by atoms with Gasteiger partial charge in [0.25, 0.3) is 0 Å². The van der Waals surface area contributed by atoms with Gasteiger partial charge in [0, 0.05) is 29.4 Å². The van der Waals surface area contributed by atoms with E-state index in [0.717, 1.165) is 21.7 Å². The van der Waals surface area contributed by atoms with Crippen molar-refractivity contribution in [1.29, 1.82) is 0 Å². The number of fused-ring (bicyclic) bond motifs is 3. The Morgan fingerprint density at radius 1 is 1.07 bits per heavy atom. The summed E-state index contributed by atoms with van der Waals surface area (Å²) >= 11 is 0. The molecule has 0 aliphatic heterocycles. The fourth-order valence-corrected chi connectivity index (χ4v) is 1.65. The third-order valence-electron chi connectivity index (χ3n) is 2.31. The number of nitrogens with zero attached hydrogens (tertiary/aromatic N) is 2. The number of aromatic nitrogens is 2. The zero-order valence-corrected chi connectivity index (χ0v) is 7.44. The van der Waals surface area contributed by atoms with E-state index in [-0.39, 0.29) is 0 Å². The minimum absolute atomic E-state index is 0.978. The predicted molar refractivity (Wildman–Crippen MR) is 55.9 cm³/mol. The predicted octanol–water partition coefficient (Wildman–Crippen LogP) is 2.58. The summed E-state index contributed by atoms with van der Waals surface area (Å²) in [5.41, 5.74) is 0.978. The molecule has 2 heteroatoms. The first-order chi connectivity index (χ1) is 6.95. The van der Waals surface area contributed by atoms with E-state index in [4.69, 9.17) is 0 Å². The molecule has 0 bridgehead atoms. The molecule has 3 aromatic rings. The minimum Gasteiger partial charge on any atom is -0.264 e. The summed E-state index contributed by atoms with van der Waals surface area (Å²) in [5.74, 6) is 0. The van der Waals surface area contributed by atoms with Gasteiger partial charge in [0.15, 0.2) is 0 Å². The Morgan fingerprint density at radius 2 is 2.07 bits per heavy atom. The summed E-state index contributed by atoms with van der Waals surface area (Å²) in [6.45, 7) is 0.